The van der Waals surface area contributed by atoms with Gasteiger partial charge in [0.1, 0.15) is 5.75 Å². The van der Waals surface area contributed by atoms with Gasteiger partial charge in [-0.05, 0) is 24.6 Å². The van der Waals surface area contributed by atoms with Gasteiger partial charge in [0, 0.05) is 5.69 Å². The number of benzene rings is 1. The van der Waals surface area contributed by atoms with Crippen LogP contribution in [0.25, 0.3) is 0 Å². The topological polar surface area (TPSA) is 103 Å². The van der Waals surface area contributed by atoms with Crippen LogP contribution in [0.2, 0.25) is 0 Å². The number of amides is 1. The zero-order valence-electron chi connectivity index (χ0n) is 8.23. The van der Waals surface area contributed by atoms with Crippen LogP contribution in [-0.4, -0.2) is 20.1 Å². The minimum atomic E-state index is -3.67. The number of carbonyl (C=O) groups excluding carboxylic acids is 1. The molecule has 1 amide bonds. The minimum absolute atomic E-state index is 0.0568. The molecular weight excluding hydrogens is 216 g/mol. The summed E-state index contributed by atoms with van der Waals surface area (Å²) < 4.78 is 23.3. The van der Waals surface area contributed by atoms with E-state index in [0.29, 0.717) is 11.3 Å². The smallest absolute Gasteiger partial charge is 0.233 e. The lowest BCUT2D eigenvalue weighted by Gasteiger charge is -2.06. The first-order valence-corrected chi connectivity index (χ1v) is 5.85. The minimum Gasteiger partial charge on any atom is -0.399 e. The molecule has 1 aromatic rings. The summed E-state index contributed by atoms with van der Waals surface area (Å²) in [6.07, 6.45) is 0. The van der Waals surface area contributed by atoms with Crippen molar-refractivity contribution in [2.45, 2.75) is 11.8 Å². The van der Waals surface area contributed by atoms with E-state index in [0.717, 1.165) is 0 Å². The molecule has 15 heavy (non-hydrogen) atoms. The third kappa shape index (κ3) is 2.69. The number of nitrogen functional groups attached to an aromatic ring is 1. The summed E-state index contributed by atoms with van der Waals surface area (Å²) in [7, 11) is -3.67. The fourth-order valence-corrected chi connectivity index (χ4v) is 2.62. The van der Waals surface area contributed by atoms with Crippen molar-refractivity contribution >= 4 is 21.4 Å². The molecule has 5 nitrogen and oxygen atoms in total. The zero-order valence-corrected chi connectivity index (χ0v) is 9.04. The van der Waals surface area contributed by atoms with Gasteiger partial charge in [-0.3, -0.25) is 4.79 Å². The van der Waals surface area contributed by atoms with Crippen molar-refractivity contribution in [3.63, 3.8) is 0 Å². The number of rotatable bonds is 3. The second kappa shape index (κ2) is 3.90. The SMILES string of the molecule is Cc1ccc(N)cc1S(=O)(=O)CC(N)=O. The Labute approximate surface area is 88.0 Å². The second-order valence-corrected chi connectivity index (χ2v) is 5.21. The van der Waals surface area contributed by atoms with Crippen LogP contribution in [0.15, 0.2) is 23.1 Å². The summed E-state index contributed by atoms with van der Waals surface area (Å²) in [5.41, 5.74) is 11.2. The molecule has 1 rings (SSSR count). The Balaban J connectivity index is 3.26. The first kappa shape index (κ1) is 11.5. The van der Waals surface area contributed by atoms with E-state index in [1.54, 1.807) is 19.1 Å². The summed E-state index contributed by atoms with van der Waals surface area (Å²) in [5.74, 6) is -1.58. The molecular formula is C9H12N2O3S. The van der Waals surface area contributed by atoms with Crippen molar-refractivity contribution in [2.75, 3.05) is 11.5 Å². The van der Waals surface area contributed by atoms with Crippen molar-refractivity contribution in [3.05, 3.63) is 23.8 Å². The fraction of sp³-hybridized carbons (Fsp3) is 0.222. The first-order valence-electron chi connectivity index (χ1n) is 4.20. The molecule has 1 aromatic carbocycles. The molecule has 4 N–H and O–H groups in total. The number of nitrogens with two attached hydrogens (primary N) is 2. The third-order valence-electron chi connectivity index (χ3n) is 1.88. The van der Waals surface area contributed by atoms with Gasteiger partial charge in [0.2, 0.25) is 5.91 Å². The van der Waals surface area contributed by atoms with Crippen LogP contribution in [-0.2, 0) is 14.6 Å². The van der Waals surface area contributed by atoms with E-state index in [-0.39, 0.29) is 4.90 Å². The number of primary amides is 1. The van der Waals surface area contributed by atoms with E-state index >= 15 is 0 Å². The van der Waals surface area contributed by atoms with E-state index in [1.807, 2.05) is 0 Å². The fourth-order valence-electron chi connectivity index (χ4n) is 1.22. The van der Waals surface area contributed by atoms with Crippen LogP contribution in [0, 0.1) is 6.92 Å². The highest BCUT2D eigenvalue weighted by Crippen LogP contribution is 2.19. The summed E-state index contributed by atoms with van der Waals surface area (Å²) in [6.45, 7) is 1.63. The quantitative estimate of drug-likeness (QED) is 0.701. The van der Waals surface area contributed by atoms with Gasteiger partial charge in [0.25, 0.3) is 0 Å². The average Bonchev–Trinajstić information content (AvgIpc) is 2.06. The van der Waals surface area contributed by atoms with Crippen molar-refractivity contribution in [1.29, 1.82) is 0 Å². The summed E-state index contributed by atoms with van der Waals surface area (Å²) in [6, 6.07) is 4.51. The molecule has 82 valence electrons. The maximum atomic E-state index is 11.7. The normalized spacial score (nSPS) is 11.3. The van der Waals surface area contributed by atoms with Gasteiger partial charge >= 0.3 is 0 Å². The molecule has 0 aliphatic carbocycles. The second-order valence-electron chi connectivity index (χ2n) is 3.25. The molecule has 0 aliphatic heterocycles. The molecule has 0 saturated carbocycles. The summed E-state index contributed by atoms with van der Waals surface area (Å²) in [5, 5.41) is 0. The highest BCUT2D eigenvalue weighted by molar-refractivity contribution is 7.92. The molecule has 0 saturated heterocycles. The Morgan fingerprint density at radius 1 is 1.40 bits per heavy atom. The first-order chi connectivity index (χ1) is 6.83. The standard InChI is InChI=1S/C9H12N2O3S/c1-6-2-3-7(10)4-8(6)15(13,14)5-9(11)12/h2-4H,5,10H2,1H3,(H2,11,12). The van der Waals surface area contributed by atoms with Crippen molar-refractivity contribution in [3.8, 4) is 0 Å². The number of anilines is 1. The Morgan fingerprint density at radius 3 is 2.53 bits per heavy atom. The molecule has 0 unspecified atom stereocenters. The molecule has 0 aromatic heterocycles. The largest absolute Gasteiger partial charge is 0.399 e. The lowest BCUT2D eigenvalue weighted by molar-refractivity contribution is -0.115. The monoisotopic (exact) mass is 228 g/mol. The maximum Gasteiger partial charge on any atom is 0.233 e. The van der Waals surface area contributed by atoms with Gasteiger partial charge < -0.3 is 11.5 Å². The zero-order chi connectivity index (χ0) is 11.6. The van der Waals surface area contributed by atoms with Gasteiger partial charge in [0.15, 0.2) is 9.84 Å². The highest BCUT2D eigenvalue weighted by atomic mass is 32.2. The molecule has 0 atom stereocenters. The Kier molecular flexibility index (Phi) is 2.99. The van der Waals surface area contributed by atoms with Gasteiger partial charge in [-0.1, -0.05) is 6.07 Å². The Morgan fingerprint density at radius 2 is 2.00 bits per heavy atom. The lowest BCUT2D eigenvalue weighted by Crippen LogP contribution is -2.23. The van der Waals surface area contributed by atoms with E-state index < -0.39 is 21.5 Å². The van der Waals surface area contributed by atoms with Gasteiger partial charge in [-0.25, -0.2) is 8.42 Å². The van der Waals surface area contributed by atoms with E-state index in [4.69, 9.17) is 11.5 Å². The summed E-state index contributed by atoms with van der Waals surface area (Å²) >= 11 is 0. The molecule has 0 radical (unpaired) electrons. The number of aryl methyl sites for hydroxylation is 1. The maximum absolute atomic E-state index is 11.7. The predicted octanol–water partition coefficient (Wildman–Crippen LogP) is -0.164. The number of hydrogen-bond donors (Lipinski definition) is 2. The molecule has 0 fully saturated rings. The van der Waals surface area contributed by atoms with Gasteiger partial charge in [0.05, 0.1) is 4.90 Å². The molecule has 0 bridgehead atoms. The van der Waals surface area contributed by atoms with E-state index in [1.165, 1.54) is 6.07 Å². The molecule has 0 aliphatic rings. The third-order valence-corrected chi connectivity index (χ3v) is 3.65. The van der Waals surface area contributed by atoms with Gasteiger partial charge in [-0.15, -0.1) is 0 Å². The summed E-state index contributed by atoms with van der Waals surface area (Å²) in [4.78, 5) is 10.7. The van der Waals surface area contributed by atoms with Crippen molar-refractivity contribution in [1.82, 2.24) is 0 Å². The van der Waals surface area contributed by atoms with E-state index in [9.17, 15) is 13.2 Å². The molecule has 0 spiro atoms. The average molecular weight is 228 g/mol. The highest BCUT2D eigenvalue weighted by Gasteiger charge is 2.19. The van der Waals surface area contributed by atoms with Crippen LogP contribution in [0.5, 0.6) is 0 Å². The Hall–Kier alpha value is -1.56. The number of carbonyl (C=O) groups is 1. The van der Waals surface area contributed by atoms with E-state index in [2.05, 4.69) is 0 Å². The van der Waals surface area contributed by atoms with Crippen LogP contribution in [0.3, 0.4) is 0 Å². The van der Waals surface area contributed by atoms with Crippen LogP contribution >= 0.6 is 0 Å². The predicted molar refractivity (Wildman–Crippen MR) is 56.8 cm³/mol. The number of hydrogen-bond acceptors (Lipinski definition) is 4. The number of sulfone groups is 1. The van der Waals surface area contributed by atoms with Gasteiger partial charge in [-0.2, -0.15) is 0 Å². The molecule has 6 heteroatoms. The van der Waals surface area contributed by atoms with Crippen molar-refractivity contribution < 1.29 is 13.2 Å². The van der Waals surface area contributed by atoms with Crippen molar-refractivity contribution in [2.24, 2.45) is 5.73 Å². The van der Waals surface area contributed by atoms with Crippen LogP contribution < -0.4 is 11.5 Å². The Bertz CT molecular complexity index is 494. The molecule has 0 heterocycles. The lowest BCUT2D eigenvalue weighted by atomic mass is 10.2. The van der Waals surface area contributed by atoms with Crippen LogP contribution in [0.1, 0.15) is 5.56 Å². The van der Waals surface area contributed by atoms with Crippen LogP contribution in [0.4, 0.5) is 5.69 Å².